The highest BCUT2D eigenvalue weighted by molar-refractivity contribution is 7.99. The minimum absolute atomic E-state index is 0.109. The number of amides is 1. The van der Waals surface area contributed by atoms with Gasteiger partial charge >= 0.3 is 6.18 Å². The third-order valence-corrected chi connectivity index (χ3v) is 5.37. The molecule has 0 radical (unpaired) electrons. The van der Waals surface area contributed by atoms with E-state index in [0.29, 0.717) is 29.0 Å². The van der Waals surface area contributed by atoms with Crippen LogP contribution in [0.3, 0.4) is 0 Å². The summed E-state index contributed by atoms with van der Waals surface area (Å²) in [5.41, 5.74) is -0.240. The summed E-state index contributed by atoms with van der Waals surface area (Å²) in [6.07, 6.45) is -2.46. The number of thioether (sulfide) groups is 1. The quantitative estimate of drug-likeness (QED) is 0.376. The Bertz CT molecular complexity index is 1230. The van der Waals surface area contributed by atoms with E-state index in [9.17, 15) is 18.0 Å². The molecule has 0 saturated heterocycles. The van der Waals surface area contributed by atoms with E-state index in [1.165, 1.54) is 6.26 Å². The number of hydrogen-bond donors (Lipinski definition) is 1. The van der Waals surface area contributed by atoms with Crippen LogP contribution in [0.2, 0.25) is 5.02 Å². The van der Waals surface area contributed by atoms with Crippen molar-refractivity contribution in [2.75, 3.05) is 11.1 Å². The van der Waals surface area contributed by atoms with Crippen LogP contribution in [-0.2, 0) is 11.0 Å². The summed E-state index contributed by atoms with van der Waals surface area (Å²) in [6, 6.07) is 13.4. The number of benzene rings is 1. The van der Waals surface area contributed by atoms with Gasteiger partial charge in [0.25, 0.3) is 0 Å². The number of aromatic nitrogens is 4. The second-order valence-corrected chi connectivity index (χ2v) is 7.69. The lowest BCUT2D eigenvalue weighted by atomic mass is 10.3. The number of para-hydroxylation sites is 1. The SMILES string of the molecule is O=C(CSc1nnc(-c2ccco2)n1-c1ccccc1)Nc1ncc(C(F)(F)F)cc1Cl. The van der Waals surface area contributed by atoms with Crippen molar-refractivity contribution in [3.63, 3.8) is 0 Å². The van der Waals surface area contributed by atoms with E-state index in [4.69, 9.17) is 16.0 Å². The molecule has 1 N–H and O–H groups in total. The molecule has 3 aromatic heterocycles. The molecule has 0 unspecified atom stereocenters. The Balaban J connectivity index is 1.51. The molecule has 0 saturated carbocycles. The smallest absolute Gasteiger partial charge is 0.417 e. The van der Waals surface area contributed by atoms with Crippen molar-refractivity contribution in [2.24, 2.45) is 0 Å². The monoisotopic (exact) mass is 479 g/mol. The minimum atomic E-state index is -4.58. The maximum Gasteiger partial charge on any atom is 0.417 e. The highest BCUT2D eigenvalue weighted by atomic mass is 35.5. The van der Waals surface area contributed by atoms with Crippen LogP contribution in [-0.4, -0.2) is 31.4 Å². The molecule has 164 valence electrons. The number of halogens is 4. The van der Waals surface area contributed by atoms with Gasteiger partial charge in [0.2, 0.25) is 11.7 Å². The molecular weight excluding hydrogens is 467 g/mol. The van der Waals surface area contributed by atoms with E-state index in [2.05, 4.69) is 20.5 Å². The Kier molecular flexibility index (Phi) is 6.19. The predicted molar refractivity (Wildman–Crippen MR) is 113 cm³/mol. The van der Waals surface area contributed by atoms with Crippen molar-refractivity contribution < 1.29 is 22.4 Å². The van der Waals surface area contributed by atoms with Crippen molar-refractivity contribution in [1.82, 2.24) is 19.7 Å². The number of pyridine rings is 1. The molecule has 0 aliphatic carbocycles. The largest absolute Gasteiger partial charge is 0.461 e. The standard InChI is InChI=1S/C20H13ClF3N5O2S/c21-14-9-12(20(22,23)24)10-25-17(14)26-16(30)11-32-19-28-27-18(15-7-4-8-31-15)29(19)13-5-2-1-3-6-13/h1-10H,11H2,(H,25,26,30). The molecule has 0 atom stereocenters. The summed E-state index contributed by atoms with van der Waals surface area (Å²) >= 11 is 6.93. The predicted octanol–water partition coefficient (Wildman–Crippen LogP) is 5.33. The van der Waals surface area contributed by atoms with E-state index in [1.54, 1.807) is 16.7 Å². The lowest BCUT2D eigenvalue weighted by Crippen LogP contribution is -2.16. The maximum absolute atomic E-state index is 12.7. The number of nitrogens with zero attached hydrogens (tertiary/aromatic N) is 4. The maximum atomic E-state index is 12.7. The van der Waals surface area contributed by atoms with Gasteiger partial charge < -0.3 is 9.73 Å². The van der Waals surface area contributed by atoms with Crippen LogP contribution in [0.5, 0.6) is 0 Å². The van der Waals surface area contributed by atoms with Crippen LogP contribution in [0.15, 0.2) is 70.6 Å². The number of furan rings is 1. The van der Waals surface area contributed by atoms with Crippen molar-refractivity contribution in [3.8, 4) is 17.3 Å². The first-order valence-corrected chi connectivity index (χ1v) is 10.4. The number of nitrogens with one attached hydrogen (secondary N) is 1. The highest BCUT2D eigenvalue weighted by Gasteiger charge is 2.31. The molecule has 12 heteroatoms. The van der Waals surface area contributed by atoms with Gasteiger partial charge in [0.1, 0.15) is 0 Å². The van der Waals surface area contributed by atoms with Crippen LogP contribution in [0, 0.1) is 0 Å². The number of carbonyl (C=O) groups excluding carboxylic acids is 1. The van der Waals surface area contributed by atoms with E-state index >= 15 is 0 Å². The van der Waals surface area contributed by atoms with E-state index in [-0.39, 0.29) is 16.6 Å². The molecule has 4 rings (SSSR count). The van der Waals surface area contributed by atoms with Gasteiger partial charge in [-0.05, 0) is 30.3 Å². The van der Waals surface area contributed by atoms with Crippen LogP contribution in [0.1, 0.15) is 5.56 Å². The average molecular weight is 480 g/mol. The zero-order valence-electron chi connectivity index (χ0n) is 16.0. The molecule has 32 heavy (non-hydrogen) atoms. The van der Waals surface area contributed by atoms with Gasteiger partial charge in [-0.15, -0.1) is 10.2 Å². The zero-order valence-corrected chi connectivity index (χ0v) is 17.6. The molecule has 7 nitrogen and oxygen atoms in total. The van der Waals surface area contributed by atoms with Crippen LogP contribution >= 0.6 is 23.4 Å². The molecule has 0 fully saturated rings. The first-order valence-electron chi connectivity index (χ1n) is 9.03. The van der Waals surface area contributed by atoms with Crippen LogP contribution < -0.4 is 5.32 Å². The Hall–Kier alpha value is -3.31. The average Bonchev–Trinajstić information content (AvgIpc) is 3.43. The molecule has 0 bridgehead atoms. The van der Waals surface area contributed by atoms with Crippen molar-refractivity contribution in [1.29, 1.82) is 0 Å². The molecule has 1 amide bonds. The second kappa shape index (κ2) is 9.05. The Morgan fingerprint density at radius 2 is 1.94 bits per heavy atom. The van der Waals surface area contributed by atoms with Crippen LogP contribution in [0.4, 0.5) is 19.0 Å². The van der Waals surface area contributed by atoms with Crippen LogP contribution in [0.25, 0.3) is 17.3 Å². The summed E-state index contributed by atoms with van der Waals surface area (Å²) in [4.78, 5) is 16.0. The lowest BCUT2D eigenvalue weighted by Gasteiger charge is -2.11. The lowest BCUT2D eigenvalue weighted by molar-refractivity contribution is -0.137. The normalized spacial score (nSPS) is 11.5. The number of anilines is 1. The van der Waals surface area contributed by atoms with Gasteiger partial charge in [0, 0.05) is 11.9 Å². The second-order valence-electron chi connectivity index (χ2n) is 6.34. The summed E-state index contributed by atoms with van der Waals surface area (Å²) in [5, 5.41) is 10.8. The Morgan fingerprint density at radius 3 is 2.59 bits per heavy atom. The highest BCUT2D eigenvalue weighted by Crippen LogP contribution is 2.33. The summed E-state index contributed by atoms with van der Waals surface area (Å²) < 4.78 is 45.4. The van der Waals surface area contributed by atoms with E-state index < -0.39 is 17.6 Å². The third kappa shape index (κ3) is 4.78. The van der Waals surface area contributed by atoms with E-state index in [1.807, 2.05) is 30.3 Å². The molecule has 0 aliphatic heterocycles. The van der Waals surface area contributed by atoms with Crippen molar-refractivity contribution in [2.45, 2.75) is 11.3 Å². The zero-order chi connectivity index (χ0) is 22.7. The first kappa shape index (κ1) is 21.9. The van der Waals surface area contributed by atoms with Gasteiger partial charge in [-0.3, -0.25) is 9.36 Å². The Morgan fingerprint density at radius 1 is 1.16 bits per heavy atom. The summed E-state index contributed by atoms with van der Waals surface area (Å²) in [5.74, 6) is 0.162. The molecule has 1 aromatic carbocycles. The molecule has 0 aliphatic rings. The minimum Gasteiger partial charge on any atom is -0.461 e. The van der Waals surface area contributed by atoms with Crippen molar-refractivity contribution in [3.05, 3.63) is 71.6 Å². The topological polar surface area (TPSA) is 85.8 Å². The van der Waals surface area contributed by atoms with Crippen molar-refractivity contribution >= 4 is 35.1 Å². The number of rotatable bonds is 6. The molecule has 3 heterocycles. The Labute approximate surface area is 188 Å². The third-order valence-electron chi connectivity index (χ3n) is 4.15. The number of hydrogen-bond acceptors (Lipinski definition) is 6. The first-order chi connectivity index (χ1) is 15.3. The molecular formula is C20H13ClF3N5O2S. The fourth-order valence-corrected chi connectivity index (χ4v) is 3.69. The molecule has 0 spiro atoms. The molecule has 4 aromatic rings. The number of alkyl halides is 3. The fourth-order valence-electron chi connectivity index (χ4n) is 2.72. The van der Waals surface area contributed by atoms with Gasteiger partial charge in [0.05, 0.1) is 22.6 Å². The fraction of sp³-hybridized carbons (Fsp3) is 0.100. The number of carbonyl (C=O) groups is 1. The van der Waals surface area contributed by atoms with Gasteiger partial charge in [-0.1, -0.05) is 41.6 Å². The van der Waals surface area contributed by atoms with Gasteiger partial charge in [-0.25, -0.2) is 4.98 Å². The summed E-state index contributed by atoms with van der Waals surface area (Å²) in [7, 11) is 0. The van der Waals surface area contributed by atoms with E-state index in [0.717, 1.165) is 17.4 Å². The summed E-state index contributed by atoms with van der Waals surface area (Å²) in [6.45, 7) is 0. The van der Waals surface area contributed by atoms with Gasteiger partial charge in [-0.2, -0.15) is 13.2 Å². The van der Waals surface area contributed by atoms with Gasteiger partial charge in [0.15, 0.2) is 16.7 Å².